The van der Waals surface area contributed by atoms with Crippen LogP contribution in [0.5, 0.6) is 0 Å². The van der Waals surface area contributed by atoms with Crippen LogP contribution in [0.15, 0.2) is 59.7 Å². The highest BCUT2D eigenvalue weighted by Crippen LogP contribution is 2.63. The van der Waals surface area contributed by atoms with Crippen molar-refractivity contribution >= 4 is 33.4 Å². The lowest BCUT2D eigenvalue weighted by molar-refractivity contribution is -0.141. The van der Waals surface area contributed by atoms with Gasteiger partial charge in [-0.3, -0.25) is 0 Å². The Bertz CT molecular complexity index is 2370. The number of allylic oxidation sites excluding steroid dienone is 8. The molecule has 2 aliphatic rings. The highest BCUT2D eigenvalue weighted by atomic mass is 19.4. The fourth-order valence-electron chi connectivity index (χ4n) is 6.29. The Morgan fingerprint density at radius 2 is 0.667 bits per heavy atom. The molecule has 0 unspecified atom stereocenters. The summed E-state index contributed by atoms with van der Waals surface area (Å²) in [5.41, 5.74) is -25.0. The second-order valence-corrected chi connectivity index (χ2v) is 11.1. The van der Waals surface area contributed by atoms with Gasteiger partial charge in [0.05, 0.1) is 33.4 Å². The van der Waals surface area contributed by atoms with E-state index in [2.05, 4.69) is 0 Å². The number of nitrogens with zero attached hydrogens (tertiary/aromatic N) is 6. The molecule has 0 atom stereocenters. The van der Waals surface area contributed by atoms with Gasteiger partial charge in [-0.15, -0.1) is 0 Å². The Balaban J connectivity index is 2.15. The number of hydrogen-bond donors (Lipinski definition) is 0. The third-order valence-electron chi connectivity index (χ3n) is 8.24. The molecule has 0 aromatic heterocycles. The van der Waals surface area contributed by atoms with E-state index in [1.54, 1.807) is 0 Å². The molecular formula is C36H8F12N6. The van der Waals surface area contributed by atoms with Crippen molar-refractivity contribution in [3.8, 4) is 36.4 Å². The van der Waals surface area contributed by atoms with Gasteiger partial charge >= 0.3 is 24.7 Å². The molecule has 6 nitrogen and oxygen atoms in total. The first-order chi connectivity index (χ1) is 25.1. The first-order valence-corrected chi connectivity index (χ1v) is 14.3. The maximum Gasteiger partial charge on any atom is 0.417 e. The first kappa shape index (κ1) is 38.0. The molecule has 0 saturated carbocycles. The van der Waals surface area contributed by atoms with Gasteiger partial charge in [0.15, 0.2) is 0 Å². The van der Waals surface area contributed by atoms with Crippen LogP contribution in [-0.4, -0.2) is 0 Å². The maximum atomic E-state index is 15.6. The smallest absolute Gasteiger partial charge is 0.192 e. The van der Waals surface area contributed by atoms with Crippen molar-refractivity contribution in [1.82, 2.24) is 0 Å². The standard InChI is InChI=1S/C36H8F12N6/c37-33(38,39)19-5-1-15(2-6-19)23-21(13-53)27-29(25(23)17(9-49)10-50)32(36(46,47)48)30-26(18(11-51)12-52)24(16-3-7-20(8-4-16)34(40,41)42)22(14-54)28(30)31(27)35(43,44)45/h1-8H. The second-order valence-electron chi connectivity index (χ2n) is 11.1. The second kappa shape index (κ2) is 12.7. The number of nitriles is 6. The van der Waals surface area contributed by atoms with E-state index in [0.717, 1.165) is 0 Å². The Hall–Kier alpha value is -7.28. The molecule has 0 amide bonds. The van der Waals surface area contributed by atoms with E-state index in [0.29, 0.717) is 48.5 Å². The van der Waals surface area contributed by atoms with Gasteiger partial charge in [0.25, 0.3) is 0 Å². The highest BCUT2D eigenvalue weighted by molar-refractivity contribution is 6.31. The molecular weight excluding hydrogens is 744 g/mol. The topological polar surface area (TPSA) is 143 Å². The van der Waals surface area contributed by atoms with Gasteiger partial charge in [0, 0.05) is 44.5 Å². The molecule has 266 valence electrons. The Morgan fingerprint density at radius 3 is 0.889 bits per heavy atom. The summed E-state index contributed by atoms with van der Waals surface area (Å²) in [6.45, 7) is 0. The van der Waals surface area contributed by atoms with Crippen molar-refractivity contribution < 1.29 is 52.7 Å². The van der Waals surface area contributed by atoms with E-state index in [1.165, 1.54) is 36.4 Å². The molecule has 0 bridgehead atoms. The van der Waals surface area contributed by atoms with Crippen molar-refractivity contribution in [2.24, 2.45) is 0 Å². The molecule has 3 aromatic carbocycles. The molecule has 0 radical (unpaired) electrons. The Kier molecular flexibility index (Phi) is 8.96. The minimum absolute atomic E-state index is 0.367. The van der Waals surface area contributed by atoms with Crippen LogP contribution in [0.2, 0.25) is 0 Å². The summed E-state index contributed by atoms with van der Waals surface area (Å²) in [7, 11) is 0. The molecule has 0 fully saturated rings. The lowest BCUT2D eigenvalue weighted by atomic mass is 9.81. The zero-order valence-corrected chi connectivity index (χ0v) is 25.8. The summed E-state index contributed by atoms with van der Waals surface area (Å²) >= 11 is 0. The number of rotatable bonds is 2. The van der Waals surface area contributed by atoms with E-state index < -0.39 is 125 Å². The summed E-state index contributed by atoms with van der Waals surface area (Å²) in [4.78, 5) is 0. The Labute approximate surface area is 294 Å². The number of benzene rings is 3. The van der Waals surface area contributed by atoms with E-state index in [4.69, 9.17) is 0 Å². The van der Waals surface area contributed by atoms with Crippen molar-refractivity contribution in [3.63, 3.8) is 0 Å². The SMILES string of the molecule is N#CC(C#N)=C1C(c2ccc(C(F)(F)F)cc2)=C(C#N)c2c1c(C(F)(F)F)c1c(c2C(F)(F)F)C(C#N)=C(c2ccc(C(F)(F)F)cc2)C1=C(C#N)C#N. The maximum absolute atomic E-state index is 15.6. The zero-order valence-electron chi connectivity index (χ0n) is 25.8. The molecule has 3 aromatic rings. The van der Waals surface area contributed by atoms with E-state index in [-0.39, 0.29) is 0 Å². The number of fused-ring (bicyclic) bond motifs is 2. The van der Waals surface area contributed by atoms with Gasteiger partial charge in [0.1, 0.15) is 47.6 Å². The van der Waals surface area contributed by atoms with Gasteiger partial charge in [-0.05, 0) is 35.4 Å². The first-order valence-electron chi connectivity index (χ1n) is 14.3. The molecule has 2 aliphatic carbocycles. The monoisotopic (exact) mass is 752 g/mol. The molecule has 18 heteroatoms. The molecule has 0 saturated heterocycles. The van der Waals surface area contributed by atoms with Crippen LogP contribution >= 0.6 is 0 Å². The van der Waals surface area contributed by atoms with Gasteiger partial charge in [0.2, 0.25) is 0 Å². The van der Waals surface area contributed by atoms with Crippen LogP contribution in [0.4, 0.5) is 52.7 Å². The Morgan fingerprint density at radius 1 is 0.389 bits per heavy atom. The molecule has 0 N–H and O–H groups in total. The summed E-state index contributed by atoms with van der Waals surface area (Å²) < 4.78 is 174. The fourth-order valence-corrected chi connectivity index (χ4v) is 6.29. The minimum atomic E-state index is -5.91. The number of hydrogen-bond acceptors (Lipinski definition) is 6. The van der Waals surface area contributed by atoms with Crippen molar-refractivity contribution in [1.29, 1.82) is 31.6 Å². The fraction of sp³-hybridized carbons (Fsp3) is 0.111. The predicted octanol–water partition coefficient (Wildman–Crippen LogP) is 10.3. The highest BCUT2D eigenvalue weighted by Gasteiger charge is 2.54. The normalized spacial score (nSPS) is 14.0. The predicted molar refractivity (Wildman–Crippen MR) is 160 cm³/mol. The molecule has 54 heavy (non-hydrogen) atoms. The van der Waals surface area contributed by atoms with E-state index >= 15 is 26.3 Å². The lowest BCUT2D eigenvalue weighted by Crippen LogP contribution is -2.20. The van der Waals surface area contributed by atoms with Gasteiger partial charge < -0.3 is 0 Å². The third-order valence-corrected chi connectivity index (χ3v) is 8.24. The molecule has 0 heterocycles. The van der Waals surface area contributed by atoms with Crippen LogP contribution in [0.25, 0.3) is 33.4 Å². The van der Waals surface area contributed by atoms with Gasteiger partial charge in [-0.2, -0.15) is 84.3 Å². The molecule has 5 rings (SSSR count). The average Bonchev–Trinajstić information content (AvgIpc) is 3.59. The average molecular weight is 752 g/mol. The van der Waals surface area contributed by atoms with Crippen molar-refractivity contribution in [3.05, 3.63) is 115 Å². The number of halogens is 12. The van der Waals surface area contributed by atoms with Crippen LogP contribution in [0.3, 0.4) is 0 Å². The van der Waals surface area contributed by atoms with Crippen molar-refractivity contribution in [2.75, 3.05) is 0 Å². The molecule has 0 aliphatic heterocycles. The van der Waals surface area contributed by atoms with Gasteiger partial charge in [-0.25, -0.2) is 0 Å². The van der Waals surface area contributed by atoms with E-state index in [1.807, 2.05) is 0 Å². The third kappa shape index (κ3) is 5.87. The van der Waals surface area contributed by atoms with Crippen LogP contribution in [0.1, 0.15) is 55.6 Å². The summed E-state index contributed by atoms with van der Waals surface area (Å²) in [5.74, 6) is 0. The van der Waals surface area contributed by atoms with Crippen LogP contribution < -0.4 is 0 Å². The van der Waals surface area contributed by atoms with Crippen molar-refractivity contribution in [2.45, 2.75) is 24.7 Å². The molecule has 0 spiro atoms. The van der Waals surface area contributed by atoms with Gasteiger partial charge in [-0.1, -0.05) is 24.3 Å². The zero-order chi connectivity index (χ0) is 40.3. The van der Waals surface area contributed by atoms with Crippen LogP contribution in [-0.2, 0) is 24.7 Å². The number of alkyl halides is 12. The summed E-state index contributed by atoms with van der Waals surface area (Å²) in [6.07, 6.45) is -21.8. The lowest BCUT2D eigenvalue weighted by Gasteiger charge is -2.24. The summed E-state index contributed by atoms with van der Waals surface area (Å²) in [5, 5.41) is 60.0. The van der Waals surface area contributed by atoms with E-state index in [9.17, 15) is 57.9 Å². The summed E-state index contributed by atoms with van der Waals surface area (Å²) in [6, 6.07) is 11.2. The van der Waals surface area contributed by atoms with Crippen LogP contribution in [0, 0.1) is 68.0 Å². The minimum Gasteiger partial charge on any atom is -0.192 e. The quantitative estimate of drug-likeness (QED) is 0.188. The largest absolute Gasteiger partial charge is 0.417 e.